The molecule has 3 aromatic carbocycles. The number of hydrogen-bond donors (Lipinski definition) is 2. The summed E-state index contributed by atoms with van der Waals surface area (Å²) in [5.41, 5.74) is 4.46. The van der Waals surface area contributed by atoms with E-state index < -0.39 is 5.92 Å². The molecule has 0 bridgehead atoms. The molecule has 2 heterocycles. The van der Waals surface area contributed by atoms with Crippen molar-refractivity contribution in [3.05, 3.63) is 117 Å². The smallest absolute Gasteiger partial charge is 0.277 e. The standard InChI is InChI=1S/C30H27N3O4/c1-36-25-17-20(15-16-24(25)37-18-19-9-4-2-5-10-19)26-27-22(13-8-14-23(27)34)31-29-28(26)30(35)33(32-29)21-11-6-3-7-12-21/h2-7,9-12,15-17,26,31-32H,8,13-14,18H2,1H3. The Labute approximate surface area is 214 Å². The van der Waals surface area contributed by atoms with E-state index in [1.165, 1.54) is 4.68 Å². The van der Waals surface area contributed by atoms with Gasteiger partial charge in [-0.1, -0.05) is 54.6 Å². The molecule has 0 spiro atoms. The maximum absolute atomic E-state index is 13.8. The normalized spacial score (nSPS) is 16.6. The molecule has 1 unspecified atom stereocenters. The second-order valence-corrected chi connectivity index (χ2v) is 9.29. The lowest BCUT2D eigenvalue weighted by molar-refractivity contribution is -0.116. The molecule has 1 aromatic heterocycles. The SMILES string of the molecule is COc1cc(C2C3=C(CCCC3=O)Nc3[nH]n(-c4ccccc4)c(=O)c32)ccc1OCc1ccccc1. The van der Waals surface area contributed by atoms with Crippen LogP contribution in [0.4, 0.5) is 5.82 Å². The van der Waals surface area contributed by atoms with E-state index in [4.69, 9.17) is 9.47 Å². The van der Waals surface area contributed by atoms with Crippen LogP contribution in [0.3, 0.4) is 0 Å². The molecule has 0 fully saturated rings. The number of carbonyl (C=O) groups excluding carboxylic acids is 1. The minimum absolute atomic E-state index is 0.0691. The van der Waals surface area contributed by atoms with E-state index in [0.717, 1.165) is 35.4 Å². The molecule has 4 aromatic rings. The number of hydrogen-bond acceptors (Lipinski definition) is 5. The van der Waals surface area contributed by atoms with Gasteiger partial charge in [-0.3, -0.25) is 14.7 Å². The van der Waals surface area contributed by atoms with Gasteiger partial charge >= 0.3 is 0 Å². The molecule has 0 saturated heterocycles. The Morgan fingerprint density at radius 2 is 1.68 bits per heavy atom. The third kappa shape index (κ3) is 4.12. The Hall–Kier alpha value is -4.52. The molecule has 6 rings (SSSR count). The zero-order valence-corrected chi connectivity index (χ0v) is 20.5. The summed E-state index contributed by atoms with van der Waals surface area (Å²) < 4.78 is 13.3. The number of fused-ring (bicyclic) bond motifs is 1. The number of ether oxygens (including phenoxy) is 2. The molecule has 7 nitrogen and oxygen atoms in total. The van der Waals surface area contributed by atoms with Crippen LogP contribution < -0.4 is 20.3 Å². The maximum Gasteiger partial charge on any atom is 0.277 e. The molecule has 2 aliphatic rings. The topological polar surface area (TPSA) is 85.4 Å². The van der Waals surface area contributed by atoms with Crippen LogP contribution in [-0.4, -0.2) is 22.7 Å². The van der Waals surface area contributed by atoms with Crippen molar-refractivity contribution in [1.82, 2.24) is 9.78 Å². The van der Waals surface area contributed by atoms with Crippen LogP contribution in [0.5, 0.6) is 11.5 Å². The van der Waals surface area contributed by atoms with Gasteiger partial charge in [0.2, 0.25) is 0 Å². The quantitative estimate of drug-likeness (QED) is 0.380. The van der Waals surface area contributed by atoms with Gasteiger partial charge in [-0.05, 0) is 48.2 Å². The summed E-state index contributed by atoms with van der Waals surface area (Å²) in [7, 11) is 1.59. The Bertz CT molecular complexity index is 1550. The fourth-order valence-electron chi connectivity index (χ4n) is 5.25. The summed E-state index contributed by atoms with van der Waals surface area (Å²) in [4.78, 5) is 27.0. The molecular formula is C30H27N3O4. The van der Waals surface area contributed by atoms with Gasteiger partial charge in [0.15, 0.2) is 17.3 Å². The van der Waals surface area contributed by atoms with Crippen molar-refractivity contribution in [2.45, 2.75) is 31.8 Å². The summed E-state index contributed by atoms with van der Waals surface area (Å²) in [5, 5.41) is 6.60. The summed E-state index contributed by atoms with van der Waals surface area (Å²) in [6.45, 7) is 0.404. The van der Waals surface area contributed by atoms with Crippen molar-refractivity contribution in [3.8, 4) is 17.2 Å². The van der Waals surface area contributed by atoms with Crippen molar-refractivity contribution in [1.29, 1.82) is 0 Å². The third-order valence-electron chi connectivity index (χ3n) is 7.01. The van der Waals surface area contributed by atoms with Crippen LogP contribution in [0.2, 0.25) is 0 Å². The average molecular weight is 494 g/mol. The molecule has 1 aliphatic carbocycles. The zero-order chi connectivity index (χ0) is 25.4. The number of aromatic amines is 1. The fraction of sp³-hybridized carbons (Fsp3) is 0.200. The first kappa shape index (κ1) is 22.9. The van der Waals surface area contributed by atoms with Crippen LogP contribution in [0.1, 0.15) is 41.9 Å². The van der Waals surface area contributed by atoms with E-state index in [1.807, 2.05) is 78.9 Å². The van der Waals surface area contributed by atoms with Gasteiger partial charge in [0.25, 0.3) is 5.56 Å². The number of nitrogens with zero attached hydrogens (tertiary/aromatic N) is 1. The Kier molecular flexibility index (Phi) is 5.88. The highest BCUT2D eigenvalue weighted by Gasteiger charge is 2.39. The van der Waals surface area contributed by atoms with Crippen LogP contribution in [0.25, 0.3) is 5.69 Å². The summed E-state index contributed by atoms with van der Waals surface area (Å²) in [6.07, 6.45) is 2.01. The lowest BCUT2D eigenvalue weighted by Gasteiger charge is -2.31. The van der Waals surface area contributed by atoms with E-state index >= 15 is 0 Å². The monoisotopic (exact) mass is 493 g/mol. The fourth-order valence-corrected chi connectivity index (χ4v) is 5.25. The van der Waals surface area contributed by atoms with Crippen LogP contribution in [0.15, 0.2) is 94.9 Å². The Morgan fingerprint density at radius 1 is 0.919 bits per heavy atom. The van der Waals surface area contributed by atoms with Crippen LogP contribution >= 0.6 is 0 Å². The highest BCUT2D eigenvalue weighted by molar-refractivity contribution is 6.01. The number of allylic oxidation sites excluding steroid dienone is 2. The first-order valence-electron chi connectivity index (χ1n) is 12.4. The second-order valence-electron chi connectivity index (χ2n) is 9.29. The number of aromatic nitrogens is 2. The van der Waals surface area contributed by atoms with Crippen LogP contribution in [0, 0.1) is 0 Å². The van der Waals surface area contributed by atoms with Crippen molar-refractivity contribution < 1.29 is 14.3 Å². The number of ketones is 1. The number of rotatable bonds is 6. The number of para-hydroxylation sites is 1. The predicted octanol–water partition coefficient (Wildman–Crippen LogP) is 5.32. The lowest BCUT2D eigenvalue weighted by Crippen LogP contribution is -2.29. The number of anilines is 1. The summed E-state index contributed by atoms with van der Waals surface area (Å²) in [5.74, 6) is 1.34. The molecule has 186 valence electrons. The maximum atomic E-state index is 13.8. The van der Waals surface area contributed by atoms with Crippen molar-refractivity contribution >= 4 is 11.6 Å². The van der Waals surface area contributed by atoms with Gasteiger partial charge in [0.05, 0.1) is 18.4 Å². The van der Waals surface area contributed by atoms with Gasteiger partial charge in [0.1, 0.15) is 12.4 Å². The van der Waals surface area contributed by atoms with Crippen molar-refractivity contribution in [2.24, 2.45) is 0 Å². The minimum Gasteiger partial charge on any atom is -0.493 e. The minimum atomic E-state index is -0.509. The molecule has 1 atom stereocenters. The molecule has 0 amide bonds. The molecule has 0 radical (unpaired) electrons. The van der Waals surface area contributed by atoms with E-state index in [1.54, 1.807) is 7.11 Å². The molecule has 2 N–H and O–H groups in total. The van der Waals surface area contributed by atoms with Gasteiger partial charge in [-0.2, -0.15) is 0 Å². The van der Waals surface area contributed by atoms with Crippen molar-refractivity contribution in [3.63, 3.8) is 0 Å². The Balaban J connectivity index is 1.44. The first-order valence-corrected chi connectivity index (χ1v) is 12.4. The van der Waals surface area contributed by atoms with E-state index in [0.29, 0.717) is 41.5 Å². The number of nitrogens with one attached hydrogen (secondary N) is 2. The highest BCUT2D eigenvalue weighted by atomic mass is 16.5. The molecule has 0 saturated carbocycles. The van der Waals surface area contributed by atoms with Gasteiger partial charge in [0, 0.05) is 23.6 Å². The molecular weight excluding hydrogens is 466 g/mol. The number of Topliss-reactive ketones (excluding diaryl/α,β-unsaturated/α-hetero) is 1. The van der Waals surface area contributed by atoms with Gasteiger partial charge in [-0.25, -0.2) is 4.68 Å². The number of benzene rings is 3. The highest BCUT2D eigenvalue weighted by Crippen LogP contribution is 2.45. The Morgan fingerprint density at radius 3 is 2.43 bits per heavy atom. The van der Waals surface area contributed by atoms with E-state index in [9.17, 15) is 9.59 Å². The summed E-state index contributed by atoms with van der Waals surface area (Å²) in [6, 6.07) is 25.0. The largest absolute Gasteiger partial charge is 0.493 e. The number of methoxy groups -OCH3 is 1. The molecule has 37 heavy (non-hydrogen) atoms. The van der Waals surface area contributed by atoms with E-state index in [2.05, 4.69) is 10.4 Å². The predicted molar refractivity (Wildman–Crippen MR) is 142 cm³/mol. The average Bonchev–Trinajstić information content (AvgIpc) is 3.27. The lowest BCUT2D eigenvalue weighted by atomic mass is 9.77. The molecule has 7 heteroatoms. The third-order valence-corrected chi connectivity index (χ3v) is 7.01. The van der Waals surface area contributed by atoms with Crippen molar-refractivity contribution in [2.75, 3.05) is 12.4 Å². The summed E-state index contributed by atoms with van der Waals surface area (Å²) >= 11 is 0. The first-order chi connectivity index (χ1) is 18.1. The van der Waals surface area contributed by atoms with Gasteiger partial charge < -0.3 is 14.8 Å². The van der Waals surface area contributed by atoms with Crippen LogP contribution in [-0.2, 0) is 11.4 Å². The molecule has 1 aliphatic heterocycles. The van der Waals surface area contributed by atoms with Gasteiger partial charge in [-0.15, -0.1) is 0 Å². The number of carbonyl (C=O) groups is 1. The number of H-pyrrole nitrogens is 1. The van der Waals surface area contributed by atoms with E-state index in [-0.39, 0.29) is 11.3 Å². The zero-order valence-electron chi connectivity index (χ0n) is 20.5. The second kappa shape index (κ2) is 9.50.